The molecule has 0 radical (unpaired) electrons. The third kappa shape index (κ3) is 2.53. The summed E-state index contributed by atoms with van der Waals surface area (Å²) in [5.74, 6) is 1.43. The van der Waals surface area contributed by atoms with Gasteiger partial charge in [0.15, 0.2) is 0 Å². The fourth-order valence-electron chi connectivity index (χ4n) is 1.56. The van der Waals surface area contributed by atoms with Crippen LogP contribution >= 0.6 is 0 Å². The molecule has 0 aliphatic heterocycles. The predicted octanol–water partition coefficient (Wildman–Crippen LogP) is 1.68. The highest BCUT2D eigenvalue weighted by Crippen LogP contribution is 2.20. The Morgan fingerprint density at radius 3 is 2.56 bits per heavy atom. The van der Waals surface area contributed by atoms with E-state index in [4.69, 9.17) is 10.3 Å². The largest absolute Gasteiger partial charge is 0.339 e. The van der Waals surface area contributed by atoms with Crippen LogP contribution in [-0.4, -0.2) is 26.2 Å². The van der Waals surface area contributed by atoms with Crippen LogP contribution in [0.25, 0.3) is 11.6 Å². The molecule has 0 fully saturated rings. The van der Waals surface area contributed by atoms with Gasteiger partial charge in [-0.1, -0.05) is 19.0 Å². The molecule has 0 aromatic carbocycles. The van der Waals surface area contributed by atoms with Crippen molar-refractivity contribution in [1.29, 1.82) is 0 Å². The first-order chi connectivity index (χ1) is 8.61. The van der Waals surface area contributed by atoms with Crippen LogP contribution in [0.3, 0.4) is 0 Å². The minimum Gasteiger partial charge on any atom is -0.339 e. The summed E-state index contributed by atoms with van der Waals surface area (Å²) in [6.07, 6.45) is 4.30. The summed E-state index contributed by atoms with van der Waals surface area (Å²) in [4.78, 5) is 12.6. The number of rotatable bonds is 4. The van der Waals surface area contributed by atoms with Gasteiger partial charge in [0.05, 0.1) is 5.92 Å². The number of hydrogen-bond acceptors (Lipinski definition) is 6. The van der Waals surface area contributed by atoms with Crippen molar-refractivity contribution in [3.63, 3.8) is 0 Å². The Kier molecular flexibility index (Phi) is 3.66. The topological polar surface area (TPSA) is 90.7 Å². The number of aromatic nitrogens is 4. The Balaban J connectivity index is 2.22. The predicted molar refractivity (Wildman–Crippen MR) is 66.7 cm³/mol. The van der Waals surface area contributed by atoms with Gasteiger partial charge in [0.2, 0.25) is 17.5 Å². The molecule has 2 rings (SSSR count). The van der Waals surface area contributed by atoms with Gasteiger partial charge in [-0.25, -0.2) is 9.97 Å². The molecule has 0 aliphatic rings. The summed E-state index contributed by atoms with van der Waals surface area (Å²) in [6.45, 7) is 5.93. The van der Waals surface area contributed by atoms with E-state index in [2.05, 4.69) is 20.1 Å². The van der Waals surface area contributed by atoms with Gasteiger partial charge in [-0.2, -0.15) is 4.98 Å². The molecular weight excluding hydrogens is 230 g/mol. The van der Waals surface area contributed by atoms with Gasteiger partial charge in [-0.3, -0.25) is 0 Å². The quantitative estimate of drug-likeness (QED) is 0.883. The molecule has 2 atom stereocenters. The van der Waals surface area contributed by atoms with Crippen LogP contribution in [0.15, 0.2) is 16.9 Å². The molecule has 2 unspecified atom stereocenters. The summed E-state index contributed by atoms with van der Waals surface area (Å²) in [5.41, 5.74) is 6.95. The van der Waals surface area contributed by atoms with E-state index in [1.807, 2.05) is 20.8 Å². The van der Waals surface area contributed by atoms with E-state index in [9.17, 15) is 0 Å². The maximum atomic E-state index is 5.96. The Labute approximate surface area is 106 Å². The third-order valence-corrected chi connectivity index (χ3v) is 2.93. The van der Waals surface area contributed by atoms with Gasteiger partial charge in [0.1, 0.15) is 0 Å². The first kappa shape index (κ1) is 12.6. The van der Waals surface area contributed by atoms with Gasteiger partial charge in [-0.15, -0.1) is 0 Å². The average Bonchev–Trinajstić information content (AvgIpc) is 2.87. The lowest BCUT2D eigenvalue weighted by Crippen LogP contribution is -2.25. The van der Waals surface area contributed by atoms with Crippen LogP contribution in [0.4, 0.5) is 0 Å². The van der Waals surface area contributed by atoms with Gasteiger partial charge in [0, 0.05) is 18.4 Å². The van der Waals surface area contributed by atoms with Crippen molar-refractivity contribution >= 4 is 0 Å². The maximum Gasteiger partial charge on any atom is 0.240 e. The molecule has 96 valence electrons. The Bertz CT molecular complexity index is 507. The molecule has 6 nitrogen and oxygen atoms in total. The monoisotopic (exact) mass is 247 g/mol. The van der Waals surface area contributed by atoms with Crippen molar-refractivity contribution in [1.82, 2.24) is 20.1 Å². The van der Waals surface area contributed by atoms with E-state index in [1.54, 1.807) is 12.4 Å². The van der Waals surface area contributed by atoms with E-state index >= 15 is 0 Å². The second kappa shape index (κ2) is 5.22. The molecule has 2 heterocycles. The number of nitrogens with two attached hydrogens (primary N) is 1. The zero-order valence-corrected chi connectivity index (χ0v) is 10.8. The average molecular weight is 247 g/mol. The van der Waals surface area contributed by atoms with E-state index in [-0.39, 0.29) is 12.0 Å². The number of nitrogens with zero attached hydrogens (tertiary/aromatic N) is 4. The van der Waals surface area contributed by atoms with Crippen molar-refractivity contribution in [2.24, 2.45) is 5.73 Å². The second-order valence-electron chi connectivity index (χ2n) is 4.40. The molecule has 0 saturated heterocycles. The molecule has 2 aromatic heterocycles. The lowest BCUT2D eigenvalue weighted by Gasteiger charge is -2.13. The Hall–Kier alpha value is -1.82. The standard InChI is InChI=1S/C12H17N5O/c1-4-9(13)8(3)12-16-11(17-18-12)10-14-5-7(2)6-15-10/h5-6,8-9H,4,13H2,1-3H3. The first-order valence-electron chi connectivity index (χ1n) is 6.00. The third-order valence-electron chi connectivity index (χ3n) is 2.93. The van der Waals surface area contributed by atoms with Gasteiger partial charge < -0.3 is 10.3 Å². The van der Waals surface area contributed by atoms with E-state index in [1.165, 1.54) is 0 Å². The van der Waals surface area contributed by atoms with Crippen LogP contribution in [-0.2, 0) is 0 Å². The normalized spacial score (nSPS) is 14.4. The van der Waals surface area contributed by atoms with Gasteiger partial charge >= 0.3 is 0 Å². The van der Waals surface area contributed by atoms with Gasteiger partial charge in [0.25, 0.3) is 0 Å². The summed E-state index contributed by atoms with van der Waals surface area (Å²) in [5, 5.41) is 3.89. The zero-order chi connectivity index (χ0) is 13.1. The molecule has 0 bridgehead atoms. The molecule has 18 heavy (non-hydrogen) atoms. The molecule has 0 spiro atoms. The fourth-order valence-corrected chi connectivity index (χ4v) is 1.56. The molecule has 0 amide bonds. The molecule has 0 aliphatic carbocycles. The van der Waals surface area contributed by atoms with Crippen molar-refractivity contribution in [2.45, 2.75) is 39.2 Å². The zero-order valence-electron chi connectivity index (χ0n) is 10.8. The Morgan fingerprint density at radius 1 is 1.28 bits per heavy atom. The second-order valence-corrected chi connectivity index (χ2v) is 4.40. The lowest BCUT2D eigenvalue weighted by molar-refractivity contribution is 0.340. The summed E-state index contributed by atoms with van der Waals surface area (Å²) < 4.78 is 5.21. The fraction of sp³-hybridized carbons (Fsp3) is 0.500. The highest BCUT2D eigenvalue weighted by atomic mass is 16.5. The Morgan fingerprint density at radius 2 is 1.94 bits per heavy atom. The van der Waals surface area contributed by atoms with Crippen LogP contribution in [0.2, 0.25) is 0 Å². The van der Waals surface area contributed by atoms with E-state index in [0.29, 0.717) is 17.5 Å². The summed E-state index contributed by atoms with van der Waals surface area (Å²) >= 11 is 0. The van der Waals surface area contributed by atoms with Crippen LogP contribution < -0.4 is 5.73 Å². The molecule has 6 heteroatoms. The molecule has 2 aromatic rings. The van der Waals surface area contributed by atoms with E-state index < -0.39 is 0 Å². The van der Waals surface area contributed by atoms with Crippen molar-refractivity contribution in [2.75, 3.05) is 0 Å². The van der Waals surface area contributed by atoms with Crippen LogP contribution in [0.5, 0.6) is 0 Å². The van der Waals surface area contributed by atoms with E-state index in [0.717, 1.165) is 12.0 Å². The van der Waals surface area contributed by atoms with Crippen LogP contribution in [0, 0.1) is 6.92 Å². The number of hydrogen-bond donors (Lipinski definition) is 1. The molecule has 0 saturated carbocycles. The highest BCUT2D eigenvalue weighted by Gasteiger charge is 2.21. The molecule has 2 N–H and O–H groups in total. The SMILES string of the molecule is CCC(N)C(C)c1nc(-c2ncc(C)cn2)no1. The first-order valence-corrected chi connectivity index (χ1v) is 6.00. The lowest BCUT2D eigenvalue weighted by atomic mass is 10.0. The summed E-state index contributed by atoms with van der Waals surface area (Å²) in [7, 11) is 0. The smallest absolute Gasteiger partial charge is 0.240 e. The van der Waals surface area contributed by atoms with Gasteiger partial charge in [-0.05, 0) is 18.9 Å². The number of aryl methyl sites for hydroxylation is 1. The van der Waals surface area contributed by atoms with Crippen LogP contribution in [0.1, 0.15) is 37.6 Å². The van der Waals surface area contributed by atoms with Crippen molar-refractivity contribution in [3.05, 3.63) is 23.8 Å². The highest BCUT2D eigenvalue weighted by molar-refractivity contribution is 5.41. The minimum atomic E-state index is 0.0113. The summed E-state index contributed by atoms with van der Waals surface area (Å²) in [6, 6.07) is 0.0113. The van der Waals surface area contributed by atoms with Crippen molar-refractivity contribution in [3.8, 4) is 11.6 Å². The minimum absolute atomic E-state index is 0.0113. The maximum absolute atomic E-state index is 5.96. The molecular formula is C12H17N5O. The van der Waals surface area contributed by atoms with Crippen molar-refractivity contribution < 1.29 is 4.52 Å².